The number of carbonyl (C=O) groups is 1. The van der Waals surface area contributed by atoms with Crippen LogP contribution in [0.15, 0.2) is 51.8 Å². The van der Waals surface area contributed by atoms with E-state index in [1.165, 1.54) is 6.08 Å². The molecule has 86 valence electrons. The number of anilines is 1. The molecule has 0 bridgehead atoms. The van der Waals surface area contributed by atoms with Crippen LogP contribution in [-0.2, 0) is 4.79 Å². The first-order valence-corrected chi connectivity index (χ1v) is 5.68. The Hall–Kier alpha value is -1.88. The lowest BCUT2D eigenvalue weighted by molar-refractivity contribution is -0.111. The molecule has 1 N–H and O–H groups in total. The normalized spacial score (nSPS) is 10.6. The number of rotatable bonds is 3. The molecule has 0 aromatic carbocycles. The van der Waals surface area contributed by atoms with Crippen LogP contribution in [0.1, 0.15) is 5.76 Å². The first-order chi connectivity index (χ1) is 8.25. The minimum absolute atomic E-state index is 0.241. The lowest BCUT2D eigenvalue weighted by Crippen LogP contribution is -2.08. The Balaban J connectivity index is 2.01. The molecular weight excluding hydrogens is 284 g/mol. The molecule has 0 aliphatic carbocycles. The standard InChI is InChI=1S/C12H9BrN2O2/c13-12-10(4-1-7-14-12)15-11(16)6-5-9-3-2-8-17-9/h1-8H,(H,15,16)/b6-5+. The third-order valence-electron chi connectivity index (χ3n) is 1.96. The van der Waals surface area contributed by atoms with E-state index in [-0.39, 0.29) is 5.91 Å². The van der Waals surface area contributed by atoms with Gasteiger partial charge < -0.3 is 9.73 Å². The zero-order chi connectivity index (χ0) is 12.1. The fraction of sp³-hybridized carbons (Fsp3) is 0. The summed E-state index contributed by atoms with van der Waals surface area (Å²) >= 11 is 3.25. The van der Waals surface area contributed by atoms with Crippen molar-refractivity contribution in [2.24, 2.45) is 0 Å². The Bertz CT molecular complexity index is 535. The van der Waals surface area contributed by atoms with Crippen molar-refractivity contribution < 1.29 is 9.21 Å². The van der Waals surface area contributed by atoms with Gasteiger partial charge in [0.15, 0.2) is 0 Å². The van der Waals surface area contributed by atoms with Crippen molar-refractivity contribution >= 4 is 33.6 Å². The van der Waals surface area contributed by atoms with Crippen LogP contribution < -0.4 is 5.32 Å². The van der Waals surface area contributed by atoms with Gasteiger partial charge >= 0.3 is 0 Å². The molecule has 2 aromatic rings. The SMILES string of the molecule is O=C(/C=C/c1ccco1)Nc1cccnc1Br. The van der Waals surface area contributed by atoms with Gasteiger partial charge in [-0.25, -0.2) is 4.98 Å². The van der Waals surface area contributed by atoms with Gasteiger partial charge in [0.1, 0.15) is 10.4 Å². The van der Waals surface area contributed by atoms with Crippen LogP contribution in [-0.4, -0.2) is 10.9 Å². The van der Waals surface area contributed by atoms with Crippen molar-refractivity contribution in [2.75, 3.05) is 5.32 Å². The fourth-order valence-electron chi connectivity index (χ4n) is 1.20. The third kappa shape index (κ3) is 3.29. The van der Waals surface area contributed by atoms with Gasteiger partial charge in [0, 0.05) is 12.3 Å². The Morgan fingerprint density at radius 2 is 2.29 bits per heavy atom. The van der Waals surface area contributed by atoms with Crippen molar-refractivity contribution in [2.45, 2.75) is 0 Å². The first kappa shape index (κ1) is 11.6. The predicted octanol–water partition coefficient (Wildman–Crippen LogP) is 3.09. The van der Waals surface area contributed by atoms with E-state index in [2.05, 4.69) is 26.2 Å². The smallest absolute Gasteiger partial charge is 0.248 e. The van der Waals surface area contributed by atoms with E-state index in [0.29, 0.717) is 16.1 Å². The molecule has 2 aromatic heterocycles. The number of pyridine rings is 1. The average Bonchev–Trinajstić information content (AvgIpc) is 2.82. The topological polar surface area (TPSA) is 55.1 Å². The highest BCUT2D eigenvalue weighted by Gasteiger charge is 2.02. The first-order valence-electron chi connectivity index (χ1n) is 4.89. The van der Waals surface area contributed by atoms with E-state index < -0.39 is 0 Å². The van der Waals surface area contributed by atoms with Gasteiger partial charge in [-0.3, -0.25) is 4.79 Å². The van der Waals surface area contributed by atoms with Crippen molar-refractivity contribution in [3.8, 4) is 0 Å². The Kier molecular flexibility index (Phi) is 3.72. The fourth-order valence-corrected chi connectivity index (χ4v) is 1.55. The van der Waals surface area contributed by atoms with Crippen LogP contribution in [0, 0.1) is 0 Å². The maximum Gasteiger partial charge on any atom is 0.248 e. The second kappa shape index (κ2) is 5.45. The van der Waals surface area contributed by atoms with Gasteiger partial charge in [-0.05, 0) is 46.3 Å². The molecule has 5 heteroatoms. The molecule has 2 rings (SSSR count). The summed E-state index contributed by atoms with van der Waals surface area (Å²) in [6, 6.07) is 7.03. The molecule has 2 heterocycles. The highest BCUT2D eigenvalue weighted by molar-refractivity contribution is 9.10. The molecule has 1 amide bonds. The number of halogens is 1. The number of amides is 1. The number of nitrogens with zero attached hydrogens (tertiary/aromatic N) is 1. The summed E-state index contributed by atoms with van der Waals surface area (Å²) in [5, 5.41) is 2.70. The summed E-state index contributed by atoms with van der Waals surface area (Å²) in [5.74, 6) is 0.389. The van der Waals surface area contributed by atoms with Crippen LogP contribution in [0.25, 0.3) is 6.08 Å². The Labute approximate surface area is 106 Å². The molecule has 0 saturated heterocycles. The largest absolute Gasteiger partial charge is 0.465 e. The predicted molar refractivity (Wildman–Crippen MR) is 68.3 cm³/mol. The van der Waals surface area contributed by atoms with Crippen LogP contribution in [0.3, 0.4) is 0 Å². The van der Waals surface area contributed by atoms with Crippen LogP contribution in [0.5, 0.6) is 0 Å². The maximum atomic E-state index is 11.6. The highest BCUT2D eigenvalue weighted by atomic mass is 79.9. The maximum absolute atomic E-state index is 11.6. The lowest BCUT2D eigenvalue weighted by Gasteiger charge is -2.02. The zero-order valence-electron chi connectivity index (χ0n) is 8.76. The van der Waals surface area contributed by atoms with E-state index in [1.54, 1.807) is 42.8 Å². The van der Waals surface area contributed by atoms with E-state index >= 15 is 0 Å². The second-order valence-electron chi connectivity index (χ2n) is 3.18. The minimum atomic E-state index is -0.241. The Morgan fingerprint density at radius 3 is 3.00 bits per heavy atom. The summed E-state index contributed by atoms with van der Waals surface area (Å²) in [5.41, 5.74) is 0.626. The van der Waals surface area contributed by atoms with Gasteiger partial charge in [-0.1, -0.05) is 0 Å². The zero-order valence-corrected chi connectivity index (χ0v) is 10.3. The van der Waals surface area contributed by atoms with Gasteiger partial charge in [0.2, 0.25) is 5.91 Å². The summed E-state index contributed by atoms with van der Waals surface area (Å²) < 4.78 is 5.67. The van der Waals surface area contributed by atoms with E-state index in [1.807, 2.05) is 0 Å². The number of carbonyl (C=O) groups excluding carboxylic acids is 1. The second-order valence-corrected chi connectivity index (χ2v) is 3.93. The number of nitrogens with one attached hydrogen (secondary N) is 1. The summed E-state index contributed by atoms with van der Waals surface area (Å²) in [6.07, 6.45) is 6.19. The van der Waals surface area contributed by atoms with Crippen molar-refractivity contribution in [3.05, 3.63) is 53.2 Å². The molecule has 17 heavy (non-hydrogen) atoms. The van der Waals surface area contributed by atoms with Gasteiger partial charge in [0.25, 0.3) is 0 Å². The summed E-state index contributed by atoms with van der Waals surface area (Å²) in [4.78, 5) is 15.6. The van der Waals surface area contributed by atoms with Gasteiger partial charge in [-0.15, -0.1) is 0 Å². The monoisotopic (exact) mass is 292 g/mol. The molecule has 0 radical (unpaired) electrons. The van der Waals surface area contributed by atoms with Crippen LogP contribution >= 0.6 is 15.9 Å². The number of hydrogen-bond donors (Lipinski definition) is 1. The van der Waals surface area contributed by atoms with E-state index in [0.717, 1.165) is 0 Å². The van der Waals surface area contributed by atoms with Crippen molar-refractivity contribution in [1.82, 2.24) is 4.98 Å². The molecule has 0 spiro atoms. The highest BCUT2D eigenvalue weighted by Crippen LogP contribution is 2.18. The van der Waals surface area contributed by atoms with Crippen molar-refractivity contribution in [1.29, 1.82) is 0 Å². The Morgan fingerprint density at radius 1 is 1.41 bits per heavy atom. The minimum Gasteiger partial charge on any atom is -0.465 e. The molecule has 0 unspecified atom stereocenters. The summed E-state index contributed by atoms with van der Waals surface area (Å²) in [7, 11) is 0. The summed E-state index contributed by atoms with van der Waals surface area (Å²) in [6.45, 7) is 0. The van der Waals surface area contributed by atoms with E-state index in [4.69, 9.17) is 4.42 Å². The molecule has 0 aliphatic heterocycles. The third-order valence-corrected chi connectivity index (χ3v) is 2.59. The molecule has 0 atom stereocenters. The van der Waals surface area contributed by atoms with Gasteiger partial charge in [0.05, 0.1) is 12.0 Å². The lowest BCUT2D eigenvalue weighted by atomic mass is 10.3. The quantitative estimate of drug-likeness (QED) is 0.699. The molecule has 0 aliphatic rings. The molecule has 0 fully saturated rings. The number of furan rings is 1. The number of hydrogen-bond acceptors (Lipinski definition) is 3. The molecule has 0 saturated carbocycles. The number of aromatic nitrogens is 1. The van der Waals surface area contributed by atoms with Gasteiger partial charge in [-0.2, -0.15) is 0 Å². The van der Waals surface area contributed by atoms with Crippen LogP contribution in [0.4, 0.5) is 5.69 Å². The molecule has 4 nitrogen and oxygen atoms in total. The van der Waals surface area contributed by atoms with Crippen molar-refractivity contribution in [3.63, 3.8) is 0 Å². The van der Waals surface area contributed by atoms with Crippen LogP contribution in [0.2, 0.25) is 0 Å². The molecular formula is C12H9BrN2O2. The van der Waals surface area contributed by atoms with E-state index in [9.17, 15) is 4.79 Å². The average molecular weight is 293 g/mol.